The van der Waals surface area contributed by atoms with Crippen LogP contribution in [0.25, 0.3) is 0 Å². The minimum absolute atomic E-state index is 0.00692. The first-order valence-corrected chi connectivity index (χ1v) is 15.6. The fourth-order valence-electron chi connectivity index (χ4n) is 10.2. The van der Waals surface area contributed by atoms with E-state index in [1.54, 1.807) is 39.2 Å². The average Bonchev–Trinajstić information content (AvgIpc) is 3.60. The molecule has 2 bridgehead atoms. The van der Waals surface area contributed by atoms with E-state index in [4.69, 9.17) is 9.47 Å². The number of carbonyl (C=O) groups excluding carboxylic acids is 4. The Labute approximate surface area is 258 Å². The highest BCUT2D eigenvalue weighted by molar-refractivity contribution is 5.93. The van der Waals surface area contributed by atoms with Crippen LogP contribution in [0.4, 0.5) is 19.2 Å². The summed E-state index contributed by atoms with van der Waals surface area (Å²) in [5.41, 5.74) is -3.29. The number of hydrogen-bond donors (Lipinski definition) is 0. The predicted molar refractivity (Wildman–Crippen MR) is 152 cm³/mol. The topological polar surface area (TPSA) is 113 Å². The number of carbonyl (C=O) groups is 4. The van der Waals surface area contributed by atoms with Gasteiger partial charge >= 0.3 is 24.1 Å². The lowest BCUT2D eigenvalue weighted by molar-refractivity contribution is -0.204. The lowest BCUT2D eigenvalue weighted by Gasteiger charge is -2.57. The average molecular weight is 613 g/mol. The molecule has 232 valence electrons. The summed E-state index contributed by atoms with van der Waals surface area (Å²) in [4.78, 5) is 72.9. The maximum atomic E-state index is 14.8. The molecule has 0 atom stereocenters. The van der Waals surface area contributed by atoms with Gasteiger partial charge in [0, 0.05) is 11.1 Å². The molecule has 45 heavy (non-hydrogen) atoms. The lowest BCUT2D eigenvalue weighted by Crippen LogP contribution is -2.75. The molecular weight excluding hydrogens is 580 g/mol. The Morgan fingerprint density at radius 2 is 0.778 bits per heavy atom. The highest BCUT2D eigenvalue weighted by Crippen LogP contribution is 2.66. The number of ether oxygens (including phenoxy) is 2. The van der Waals surface area contributed by atoms with Crippen molar-refractivity contribution >= 4 is 24.1 Å². The van der Waals surface area contributed by atoms with E-state index in [9.17, 15) is 19.2 Å². The van der Waals surface area contributed by atoms with Gasteiger partial charge in [-0.2, -0.15) is 0 Å². The molecule has 2 aromatic carbocycles. The van der Waals surface area contributed by atoms with Crippen molar-refractivity contribution in [1.29, 1.82) is 0 Å². The molecule has 8 amide bonds. The van der Waals surface area contributed by atoms with Gasteiger partial charge in [-0.1, -0.05) is 67.1 Å². The van der Waals surface area contributed by atoms with E-state index in [1.165, 1.54) is 0 Å². The summed E-state index contributed by atoms with van der Waals surface area (Å²) in [6, 6.07) is 18.1. The van der Waals surface area contributed by atoms with Gasteiger partial charge in [-0.05, 0) is 25.7 Å². The summed E-state index contributed by atoms with van der Waals surface area (Å²) >= 11 is 0. The van der Waals surface area contributed by atoms with Crippen LogP contribution in [0.3, 0.4) is 0 Å². The SMILES string of the molecule is O=C1N2CN3C(=O)N4COCN5C(=O)N6CN7C(=O)N8COCN1C8(c1ccccc1)C27CCCCCC36C45c1ccccc1. The van der Waals surface area contributed by atoms with E-state index < -0.39 is 22.7 Å². The third-order valence-electron chi connectivity index (χ3n) is 11.7. The van der Waals surface area contributed by atoms with Crippen LogP contribution in [-0.4, -0.2) is 115 Å². The first-order valence-electron chi connectivity index (χ1n) is 15.6. The molecule has 9 aliphatic rings. The van der Waals surface area contributed by atoms with Crippen LogP contribution < -0.4 is 0 Å². The van der Waals surface area contributed by atoms with E-state index in [-0.39, 0.29) is 64.4 Å². The van der Waals surface area contributed by atoms with Crippen LogP contribution in [0, 0.1) is 0 Å². The summed E-state index contributed by atoms with van der Waals surface area (Å²) in [6.07, 6.45) is 3.24. The molecule has 0 aliphatic carbocycles. The molecular formula is C31H32N8O6. The van der Waals surface area contributed by atoms with Crippen molar-refractivity contribution in [2.24, 2.45) is 0 Å². The quantitative estimate of drug-likeness (QED) is 0.516. The molecule has 0 unspecified atom stereocenters. The number of fused-ring (bicyclic) bond motifs is 4. The van der Waals surface area contributed by atoms with Gasteiger partial charge in [0.15, 0.2) is 22.7 Å². The van der Waals surface area contributed by atoms with Crippen LogP contribution in [0.2, 0.25) is 0 Å². The lowest BCUT2D eigenvalue weighted by atomic mass is 9.78. The van der Waals surface area contributed by atoms with Crippen LogP contribution in [0.1, 0.15) is 43.2 Å². The molecule has 11 rings (SSSR count). The van der Waals surface area contributed by atoms with Gasteiger partial charge in [0.1, 0.15) is 40.3 Å². The molecule has 9 fully saturated rings. The maximum absolute atomic E-state index is 14.8. The van der Waals surface area contributed by atoms with E-state index in [0.29, 0.717) is 12.8 Å². The molecule has 0 N–H and O–H groups in total. The molecule has 0 saturated carbocycles. The maximum Gasteiger partial charge on any atom is 0.327 e. The zero-order valence-corrected chi connectivity index (χ0v) is 24.6. The van der Waals surface area contributed by atoms with Crippen molar-refractivity contribution < 1.29 is 28.7 Å². The zero-order chi connectivity index (χ0) is 30.3. The second-order valence-electron chi connectivity index (χ2n) is 13.0. The standard InChI is InChI=1S/C31H32N8O6/c40-24-32-16-34-26(42)38-20-45-21-39-27(43)35-17-33-25(41)37-19-44-18-36(24)30(37,22-10-4-1-5-11-22)28(32,33)14-8-3-9-15-29(34,35)31(38,39)23-12-6-2-7-13-23/h1-2,4-7,10-13H,3,8-9,14-21H2. The van der Waals surface area contributed by atoms with Crippen molar-refractivity contribution in [2.75, 3.05) is 40.3 Å². The Bertz CT molecular complexity index is 1490. The first kappa shape index (κ1) is 25.7. The largest absolute Gasteiger partial charge is 0.340 e. The number of nitrogens with zero attached hydrogens (tertiary/aromatic N) is 8. The van der Waals surface area contributed by atoms with Crippen molar-refractivity contribution in [2.45, 2.75) is 54.8 Å². The molecule has 14 nitrogen and oxygen atoms in total. The fourth-order valence-corrected chi connectivity index (χ4v) is 10.2. The smallest absolute Gasteiger partial charge is 0.327 e. The van der Waals surface area contributed by atoms with Crippen LogP contribution >= 0.6 is 0 Å². The summed E-state index contributed by atoms with van der Waals surface area (Å²) in [5, 5.41) is 0. The molecule has 0 radical (unpaired) electrons. The predicted octanol–water partition coefficient (Wildman–Crippen LogP) is 2.82. The summed E-state index contributed by atoms with van der Waals surface area (Å²) in [5.74, 6) is 0. The number of urea groups is 4. The van der Waals surface area contributed by atoms with E-state index in [0.717, 1.165) is 30.4 Å². The number of benzene rings is 2. The molecule has 0 aromatic heterocycles. The van der Waals surface area contributed by atoms with Crippen molar-refractivity contribution in [3.8, 4) is 0 Å². The molecule has 9 heterocycles. The van der Waals surface area contributed by atoms with E-state index in [1.807, 2.05) is 60.7 Å². The number of hydrogen-bond acceptors (Lipinski definition) is 6. The minimum atomic E-state index is -1.22. The second-order valence-corrected chi connectivity index (χ2v) is 13.0. The number of rotatable bonds is 2. The normalized spacial score (nSPS) is 36.4. The highest BCUT2D eigenvalue weighted by Gasteiger charge is 2.86. The van der Waals surface area contributed by atoms with Gasteiger partial charge in [-0.15, -0.1) is 0 Å². The second kappa shape index (κ2) is 8.17. The van der Waals surface area contributed by atoms with Gasteiger partial charge in [-0.3, -0.25) is 39.2 Å². The van der Waals surface area contributed by atoms with Crippen molar-refractivity contribution in [1.82, 2.24) is 39.2 Å². The van der Waals surface area contributed by atoms with Gasteiger partial charge < -0.3 is 9.47 Å². The third kappa shape index (κ3) is 2.41. The van der Waals surface area contributed by atoms with Gasteiger partial charge in [0.2, 0.25) is 0 Å². The van der Waals surface area contributed by atoms with E-state index in [2.05, 4.69) is 0 Å². The molecule has 14 heteroatoms. The fraction of sp³-hybridized carbons (Fsp3) is 0.484. The summed E-state index contributed by atoms with van der Waals surface area (Å²) in [6.45, 7) is -0.244. The molecule has 9 aliphatic heterocycles. The van der Waals surface area contributed by atoms with Gasteiger partial charge in [-0.25, -0.2) is 19.2 Å². The first-order chi connectivity index (χ1) is 22.0. The van der Waals surface area contributed by atoms with Crippen LogP contribution in [0.15, 0.2) is 60.7 Å². The van der Waals surface area contributed by atoms with Crippen molar-refractivity contribution in [3.05, 3.63) is 71.8 Å². The Kier molecular flexibility index (Phi) is 4.67. The Hall–Kier alpha value is -4.56. The van der Waals surface area contributed by atoms with E-state index >= 15 is 0 Å². The number of amides is 8. The van der Waals surface area contributed by atoms with Crippen LogP contribution in [-0.2, 0) is 20.8 Å². The minimum Gasteiger partial charge on any atom is -0.340 e. The van der Waals surface area contributed by atoms with Gasteiger partial charge in [0.05, 0.1) is 0 Å². The Balaban J connectivity index is 1.29. The Morgan fingerprint density at radius 3 is 1.11 bits per heavy atom. The monoisotopic (exact) mass is 612 g/mol. The molecule has 9 saturated heterocycles. The highest BCUT2D eigenvalue weighted by atomic mass is 16.5. The Morgan fingerprint density at radius 1 is 0.444 bits per heavy atom. The summed E-state index contributed by atoms with van der Waals surface area (Å²) in [7, 11) is 0. The van der Waals surface area contributed by atoms with Crippen molar-refractivity contribution in [3.63, 3.8) is 0 Å². The van der Waals surface area contributed by atoms with Gasteiger partial charge in [0.25, 0.3) is 0 Å². The summed E-state index contributed by atoms with van der Waals surface area (Å²) < 4.78 is 11.8. The zero-order valence-electron chi connectivity index (χ0n) is 24.6. The molecule has 2 spiro atoms. The third-order valence-corrected chi connectivity index (χ3v) is 11.7. The van der Waals surface area contributed by atoms with Crippen LogP contribution in [0.5, 0.6) is 0 Å². The molecule has 2 aromatic rings.